The molecule has 0 aromatic rings. The summed E-state index contributed by atoms with van der Waals surface area (Å²) in [6.45, 7) is 8.19. The van der Waals surface area contributed by atoms with Crippen LogP contribution in [0, 0.1) is 0 Å². The second-order valence-corrected chi connectivity index (χ2v) is 6.30. The number of amides is 1. The lowest BCUT2D eigenvalue weighted by Crippen LogP contribution is -2.58. The number of hydrogen-bond acceptors (Lipinski definition) is 3. The molecule has 3 N–H and O–H groups in total. The van der Waals surface area contributed by atoms with Crippen molar-refractivity contribution in [2.24, 2.45) is 5.73 Å². The number of primary amides is 1. The van der Waals surface area contributed by atoms with Crippen molar-refractivity contribution in [1.82, 2.24) is 10.2 Å². The lowest BCUT2D eigenvalue weighted by Gasteiger charge is -2.42. The van der Waals surface area contributed by atoms with E-state index in [1.807, 2.05) is 20.8 Å². The third kappa shape index (κ3) is 3.69. The molecule has 1 fully saturated rings. The summed E-state index contributed by atoms with van der Waals surface area (Å²) in [5.41, 5.74) is 4.95. The van der Waals surface area contributed by atoms with Crippen molar-refractivity contribution in [2.75, 3.05) is 7.05 Å². The normalized spacial score (nSPS) is 21.7. The van der Waals surface area contributed by atoms with E-state index in [9.17, 15) is 4.79 Å². The zero-order valence-electron chi connectivity index (χ0n) is 12.5. The molecular weight excluding hydrogens is 226 g/mol. The predicted octanol–water partition coefficient (Wildman–Crippen LogP) is 1.49. The number of carbonyl (C=O) groups is 1. The fourth-order valence-electron chi connectivity index (χ4n) is 2.76. The average Bonchev–Trinajstić information content (AvgIpc) is 2.12. The predicted molar refractivity (Wildman–Crippen MR) is 75.4 cm³/mol. The Balaban J connectivity index is 2.61. The molecule has 1 aliphatic rings. The van der Waals surface area contributed by atoms with Gasteiger partial charge in [-0.05, 0) is 54.0 Å². The van der Waals surface area contributed by atoms with E-state index in [0.717, 1.165) is 6.42 Å². The van der Waals surface area contributed by atoms with Crippen LogP contribution in [0.2, 0.25) is 0 Å². The topological polar surface area (TPSA) is 58.4 Å². The summed E-state index contributed by atoms with van der Waals surface area (Å²) in [7, 11) is 2.16. The Bertz CT molecular complexity index is 289. The molecule has 0 aromatic carbocycles. The van der Waals surface area contributed by atoms with Crippen molar-refractivity contribution < 1.29 is 4.79 Å². The van der Waals surface area contributed by atoms with Gasteiger partial charge in [0.05, 0.1) is 5.54 Å². The first-order valence-electron chi connectivity index (χ1n) is 7.06. The Labute approximate surface area is 111 Å². The number of carbonyl (C=O) groups excluding carboxylic acids is 1. The van der Waals surface area contributed by atoms with Crippen molar-refractivity contribution in [1.29, 1.82) is 0 Å². The molecule has 106 valence electrons. The van der Waals surface area contributed by atoms with Crippen LogP contribution in [0.15, 0.2) is 0 Å². The van der Waals surface area contributed by atoms with E-state index in [1.165, 1.54) is 19.3 Å². The number of rotatable bonds is 7. The van der Waals surface area contributed by atoms with Gasteiger partial charge in [0.1, 0.15) is 0 Å². The molecule has 0 aromatic heterocycles. The molecule has 2 atom stereocenters. The van der Waals surface area contributed by atoms with Crippen LogP contribution in [-0.2, 0) is 4.79 Å². The van der Waals surface area contributed by atoms with Crippen LogP contribution >= 0.6 is 0 Å². The van der Waals surface area contributed by atoms with Crippen LogP contribution in [0.5, 0.6) is 0 Å². The summed E-state index contributed by atoms with van der Waals surface area (Å²) in [5, 5.41) is 3.32. The van der Waals surface area contributed by atoms with E-state index in [4.69, 9.17) is 5.73 Å². The second-order valence-electron chi connectivity index (χ2n) is 6.30. The summed E-state index contributed by atoms with van der Waals surface area (Å²) < 4.78 is 0. The third-order valence-corrected chi connectivity index (χ3v) is 4.20. The standard InChI is InChI=1S/C14H29N3O/c1-10(2)16-14(4,13(15)18)9-11(3)17(5)12-7-6-8-12/h10-12,16H,6-9H2,1-5H3,(H2,15,18). The Morgan fingerprint density at radius 2 is 2.00 bits per heavy atom. The van der Waals surface area contributed by atoms with Gasteiger partial charge in [-0.1, -0.05) is 6.42 Å². The van der Waals surface area contributed by atoms with Crippen LogP contribution in [0.1, 0.15) is 53.4 Å². The lowest BCUT2D eigenvalue weighted by molar-refractivity contribution is -0.125. The van der Waals surface area contributed by atoms with Gasteiger partial charge in [-0.3, -0.25) is 4.79 Å². The van der Waals surface area contributed by atoms with Crippen molar-refractivity contribution in [3.05, 3.63) is 0 Å². The zero-order valence-corrected chi connectivity index (χ0v) is 12.5. The van der Waals surface area contributed by atoms with E-state index in [-0.39, 0.29) is 11.9 Å². The molecule has 4 nitrogen and oxygen atoms in total. The molecule has 0 heterocycles. The van der Waals surface area contributed by atoms with Crippen LogP contribution in [0.3, 0.4) is 0 Å². The quantitative estimate of drug-likeness (QED) is 0.724. The van der Waals surface area contributed by atoms with Gasteiger partial charge in [0.2, 0.25) is 5.91 Å². The Kier molecular flexibility index (Phi) is 5.17. The van der Waals surface area contributed by atoms with Gasteiger partial charge in [-0.2, -0.15) is 0 Å². The Morgan fingerprint density at radius 3 is 2.33 bits per heavy atom. The zero-order chi connectivity index (χ0) is 13.9. The maximum Gasteiger partial charge on any atom is 0.237 e. The van der Waals surface area contributed by atoms with Crippen molar-refractivity contribution in [2.45, 2.75) is 77.0 Å². The molecule has 0 bridgehead atoms. The minimum atomic E-state index is -0.619. The van der Waals surface area contributed by atoms with E-state index >= 15 is 0 Å². The minimum absolute atomic E-state index is 0.253. The molecule has 1 amide bonds. The second kappa shape index (κ2) is 6.02. The summed E-state index contributed by atoms with van der Waals surface area (Å²) in [4.78, 5) is 14.1. The highest BCUT2D eigenvalue weighted by Gasteiger charge is 2.36. The average molecular weight is 255 g/mol. The van der Waals surface area contributed by atoms with Crippen molar-refractivity contribution in [3.8, 4) is 0 Å². The maximum absolute atomic E-state index is 11.7. The van der Waals surface area contributed by atoms with Gasteiger partial charge in [0, 0.05) is 18.1 Å². The number of nitrogens with zero attached hydrogens (tertiary/aromatic N) is 1. The summed E-state index contributed by atoms with van der Waals surface area (Å²) in [5.74, 6) is -0.259. The van der Waals surface area contributed by atoms with E-state index < -0.39 is 5.54 Å². The van der Waals surface area contributed by atoms with Crippen LogP contribution in [-0.4, -0.2) is 41.5 Å². The monoisotopic (exact) mass is 255 g/mol. The Hall–Kier alpha value is -0.610. The molecule has 0 saturated heterocycles. The number of hydrogen-bond donors (Lipinski definition) is 2. The van der Waals surface area contributed by atoms with Crippen LogP contribution < -0.4 is 11.1 Å². The fraction of sp³-hybridized carbons (Fsp3) is 0.929. The fourth-order valence-corrected chi connectivity index (χ4v) is 2.76. The SMILES string of the molecule is CC(C)NC(C)(CC(C)N(C)C1CCC1)C(N)=O. The molecular formula is C14H29N3O. The first-order chi connectivity index (χ1) is 8.26. The molecule has 1 rings (SSSR count). The molecule has 18 heavy (non-hydrogen) atoms. The van der Waals surface area contributed by atoms with Gasteiger partial charge >= 0.3 is 0 Å². The van der Waals surface area contributed by atoms with Gasteiger partial charge in [0.15, 0.2) is 0 Å². The maximum atomic E-state index is 11.7. The van der Waals surface area contributed by atoms with E-state index in [2.05, 4.69) is 24.2 Å². The van der Waals surface area contributed by atoms with Gasteiger partial charge < -0.3 is 16.0 Å². The molecule has 2 unspecified atom stereocenters. The smallest absolute Gasteiger partial charge is 0.237 e. The summed E-state index contributed by atoms with van der Waals surface area (Å²) in [6.07, 6.45) is 4.66. The highest BCUT2D eigenvalue weighted by atomic mass is 16.1. The molecule has 0 spiro atoms. The highest BCUT2D eigenvalue weighted by molar-refractivity contribution is 5.84. The largest absolute Gasteiger partial charge is 0.368 e. The molecule has 1 aliphatic carbocycles. The molecule has 0 radical (unpaired) electrons. The van der Waals surface area contributed by atoms with E-state index in [1.54, 1.807) is 0 Å². The Morgan fingerprint density at radius 1 is 1.44 bits per heavy atom. The van der Waals surface area contributed by atoms with E-state index in [0.29, 0.717) is 12.1 Å². The molecule has 0 aliphatic heterocycles. The molecule has 4 heteroatoms. The highest BCUT2D eigenvalue weighted by Crippen LogP contribution is 2.27. The van der Waals surface area contributed by atoms with Crippen molar-refractivity contribution >= 4 is 5.91 Å². The lowest BCUT2D eigenvalue weighted by atomic mass is 9.87. The summed E-state index contributed by atoms with van der Waals surface area (Å²) in [6, 6.07) is 1.30. The van der Waals surface area contributed by atoms with Gasteiger partial charge in [-0.15, -0.1) is 0 Å². The number of nitrogens with one attached hydrogen (secondary N) is 1. The van der Waals surface area contributed by atoms with Gasteiger partial charge in [-0.25, -0.2) is 0 Å². The third-order valence-electron chi connectivity index (χ3n) is 4.20. The number of nitrogens with two attached hydrogens (primary N) is 1. The van der Waals surface area contributed by atoms with Crippen molar-refractivity contribution in [3.63, 3.8) is 0 Å². The summed E-state index contributed by atoms with van der Waals surface area (Å²) >= 11 is 0. The first kappa shape index (κ1) is 15.4. The molecule has 1 saturated carbocycles. The minimum Gasteiger partial charge on any atom is -0.368 e. The van der Waals surface area contributed by atoms with Gasteiger partial charge in [0.25, 0.3) is 0 Å². The van der Waals surface area contributed by atoms with Crippen LogP contribution in [0.25, 0.3) is 0 Å². The first-order valence-corrected chi connectivity index (χ1v) is 7.06. The van der Waals surface area contributed by atoms with Crippen LogP contribution in [0.4, 0.5) is 0 Å².